The summed E-state index contributed by atoms with van der Waals surface area (Å²) in [6.45, 7) is 2.20. The monoisotopic (exact) mass is 241 g/mol. The highest BCUT2D eigenvalue weighted by Crippen LogP contribution is 2.37. The van der Waals surface area contributed by atoms with Crippen molar-refractivity contribution < 1.29 is 4.39 Å². The molecule has 2 aromatic rings. The van der Waals surface area contributed by atoms with Crippen molar-refractivity contribution in [1.82, 2.24) is 0 Å². The predicted octanol–water partition coefficient (Wildman–Crippen LogP) is 3.97. The van der Waals surface area contributed by atoms with Crippen LogP contribution in [0.2, 0.25) is 0 Å². The molecular formula is C16H16FN. The summed E-state index contributed by atoms with van der Waals surface area (Å²) in [4.78, 5) is 0. The van der Waals surface area contributed by atoms with Crippen molar-refractivity contribution in [2.24, 2.45) is 0 Å². The number of hydrogen-bond donors (Lipinski definition) is 1. The van der Waals surface area contributed by atoms with Crippen molar-refractivity contribution in [3.8, 4) is 0 Å². The van der Waals surface area contributed by atoms with Crippen LogP contribution >= 0.6 is 0 Å². The molecule has 1 N–H and O–H groups in total. The van der Waals surface area contributed by atoms with Gasteiger partial charge in [-0.2, -0.15) is 0 Å². The van der Waals surface area contributed by atoms with Crippen LogP contribution in [0.4, 0.5) is 10.1 Å². The number of para-hydroxylation sites is 1. The molecular weight excluding hydrogens is 225 g/mol. The minimum absolute atomic E-state index is 0.170. The first-order chi connectivity index (χ1) is 8.74. The summed E-state index contributed by atoms with van der Waals surface area (Å²) in [5.41, 5.74) is 3.79. The Kier molecular flexibility index (Phi) is 2.78. The zero-order chi connectivity index (χ0) is 12.5. The molecule has 0 amide bonds. The summed E-state index contributed by atoms with van der Waals surface area (Å²) >= 11 is 0. The normalized spacial score (nSPS) is 21.4. The second-order valence-corrected chi connectivity index (χ2v) is 4.96. The van der Waals surface area contributed by atoms with E-state index in [1.54, 1.807) is 0 Å². The Labute approximate surface area is 107 Å². The lowest BCUT2D eigenvalue weighted by Crippen LogP contribution is -2.17. The van der Waals surface area contributed by atoms with Crippen LogP contribution in [0.5, 0.6) is 0 Å². The maximum Gasteiger partial charge on any atom is 0.123 e. The number of halogens is 1. The number of nitrogens with one attached hydrogen (secondary N) is 1. The number of anilines is 1. The van der Waals surface area contributed by atoms with Crippen molar-refractivity contribution in [1.29, 1.82) is 0 Å². The molecule has 1 nitrogen and oxygen atoms in total. The van der Waals surface area contributed by atoms with E-state index in [4.69, 9.17) is 0 Å². The molecule has 3 rings (SSSR count). The lowest BCUT2D eigenvalue weighted by atomic mass is 9.89. The minimum Gasteiger partial charge on any atom is -0.382 e. The Morgan fingerprint density at radius 2 is 1.78 bits per heavy atom. The summed E-state index contributed by atoms with van der Waals surface area (Å²) in [5, 5.41) is 3.50. The highest BCUT2D eigenvalue weighted by Gasteiger charge is 2.28. The van der Waals surface area contributed by atoms with Crippen LogP contribution in [0.3, 0.4) is 0 Å². The van der Waals surface area contributed by atoms with Gasteiger partial charge in [0.15, 0.2) is 0 Å². The van der Waals surface area contributed by atoms with Crippen molar-refractivity contribution in [2.75, 3.05) is 5.32 Å². The van der Waals surface area contributed by atoms with E-state index < -0.39 is 0 Å². The van der Waals surface area contributed by atoms with Gasteiger partial charge in [0.2, 0.25) is 0 Å². The van der Waals surface area contributed by atoms with Crippen LogP contribution in [-0.4, -0.2) is 6.04 Å². The lowest BCUT2D eigenvalue weighted by molar-refractivity contribution is 0.617. The van der Waals surface area contributed by atoms with E-state index in [-0.39, 0.29) is 5.82 Å². The fourth-order valence-electron chi connectivity index (χ4n) is 2.73. The highest BCUT2D eigenvalue weighted by atomic mass is 19.1. The summed E-state index contributed by atoms with van der Waals surface area (Å²) in [7, 11) is 0. The molecule has 92 valence electrons. The SMILES string of the molecule is C[C@H]1Nc2ccccc2[C@H]1Cc1ccc(F)cc1. The van der Waals surface area contributed by atoms with Crippen LogP contribution in [0.1, 0.15) is 24.0 Å². The number of fused-ring (bicyclic) bond motifs is 1. The number of hydrogen-bond acceptors (Lipinski definition) is 1. The van der Waals surface area contributed by atoms with E-state index in [1.165, 1.54) is 28.9 Å². The molecule has 0 spiro atoms. The molecule has 0 radical (unpaired) electrons. The zero-order valence-corrected chi connectivity index (χ0v) is 10.4. The van der Waals surface area contributed by atoms with E-state index in [9.17, 15) is 4.39 Å². The summed E-state index contributed by atoms with van der Waals surface area (Å²) in [6.07, 6.45) is 0.950. The van der Waals surface area contributed by atoms with Gasteiger partial charge in [-0.05, 0) is 42.7 Å². The van der Waals surface area contributed by atoms with Crippen molar-refractivity contribution >= 4 is 5.69 Å². The van der Waals surface area contributed by atoms with Gasteiger partial charge < -0.3 is 5.32 Å². The van der Waals surface area contributed by atoms with E-state index in [0.717, 1.165) is 6.42 Å². The molecule has 0 saturated carbocycles. The Hall–Kier alpha value is -1.83. The van der Waals surface area contributed by atoms with E-state index in [2.05, 4.69) is 36.5 Å². The number of rotatable bonds is 2. The van der Waals surface area contributed by atoms with Crippen molar-refractivity contribution in [3.05, 3.63) is 65.5 Å². The van der Waals surface area contributed by atoms with Crippen LogP contribution in [0, 0.1) is 5.82 Å². The van der Waals surface area contributed by atoms with E-state index in [0.29, 0.717) is 12.0 Å². The topological polar surface area (TPSA) is 12.0 Å². The standard InChI is InChI=1S/C16H16FN/c1-11-15(10-12-6-8-13(17)9-7-12)14-4-2-3-5-16(14)18-11/h2-9,11,15,18H,10H2,1H3/t11-,15+/m1/s1. The van der Waals surface area contributed by atoms with Gasteiger partial charge in [0.25, 0.3) is 0 Å². The fourth-order valence-corrected chi connectivity index (χ4v) is 2.73. The second-order valence-electron chi connectivity index (χ2n) is 4.96. The number of benzene rings is 2. The van der Waals surface area contributed by atoms with Crippen molar-refractivity contribution in [2.45, 2.75) is 25.3 Å². The van der Waals surface area contributed by atoms with Gasteiger partial charge in [-0.1, -0.05) is 30.3 Å². The summed E-state index contributed by atoms with van der Waals surface area (Å²) in [5.74, 6) is 0.295. The fraction of sp³-hybridized carbons (Fsp3) is 0.250. The minimum atomic E-state index is -0.170. The first-order valence-electron chi connectivity index (χ1n) is 6.34. The quantitative estimate of drug-likeness (QED) is 0.839. The van der Waals surface area contributed by atoms with Crippen molar-refractivity contribution in [3.63, 3.8) is 0 Å². The van der Waals surface area contributed by atoms with Gasteiger partial charge in [0.05, 0.1) is 0 Å². The molecule has 18 heavy (non-hydrogen) atoms. The molecule has 0 aromatic heterocycles. The van der Waals surface area contributed by atoms with Gasteiger partial charge in [0, 0.05) is 17.6 Å². The molecule has 0 saturated heterocycles. The Morgan fingerprint density at radius 1 is 1.06 bits per heavy atom. The molecule has 1 aliphatic rings. The van der Waals surface area contributed by atoms with Crippen LogP contribution in [-0.2, 0) is 6.42 Å². The van der Waals surface area contributed by atoms with Gasteiger partial charge in [-0.3, -0.25) is 0 Å². The van der Waals surface area contributed by atoms with Crippen LogP contribution < -0.4 is 5.32 Å². The zero-order valence-electron chi connectivity index (χ0n) is 10.4. The third kappa shape index (κ3) is 1.99. The van der Waals surface area contributed by atoms with E-state index >= 15 is 0 Å². The Morgan fingerprint density at radius 3 is 2.56 bits per heavy atom. The Bertz CT molecular complexity index is 547. The Balaban J connectivity index is 1.87. The smallest absolute Gasteiger partial charge is 0.123 e. The van der Waals surface area contributed by atoms with Gasteiger partial charge in [-0.15, -0.1) is 0 Å². The van der Waals surface area contributed by atoms with Gasteiger partial charge >= 0.3 is 0 Å². The molecule has 2 heteroatoms. The van der Waals surface area contributed by atoms with Gasteiger partial charge in [0.1, 0.15) is 5.82 Å². The molecule has 2 aromatic carbocycles. The lowest BCUT2D eigenvalue weighted by Gasteiger charge is -2.16. The average Bonchev–Trinajstić information content (AvgIpc) is 2.69. The summed E-state index contributed by atoms with van der Waals surface area (Å²) in [6, 6.07) is 15.7. The molecule has 0 fully saturated rings. The molecule has 1 heterocycles. The first-order valence-corrected chi connectivity index (χ1v) is 6.34. The predicted molar refractivity (Wildman–Crippen MR) is 72.4 cm³/mol. The highest BCUT2D eigenvalue weighted by molar-refractivity contribution is 5.59. The van der Waals surface area contributed by atoms with Crippen LogP contribution in [0.25, 0.3) is 0 Å². The third-order valence-electron chi connectivity index (χ3n) is 3.72. The molecule has 1 aliphatic heterocycles. The largest absolute Gasteiger partial charge is 0.382 e. The van der Waals surface area contributed by atoms with Gasteiger partial charge in [-0.25, -0.2) is 4.39 Å². The maximum absolute atomic E-state index is 12.9. The molecule has 0 unspecified atom stereocenters. The average molecular weight is 241 g/mol. The maximum atomic E-state index is 12.9. The van der Waals surface area contributed by atoms with Crippen LogP contribution in [0.15, 0.2) is 48.5 Å². The molecule has 2 atom stereocenters. The molecule has 0 bridgehead atoms. The first kappa shape index (κ1) is 11.3. The van der Waals surface area contributed by atoms with E-state index in [1.807, 2.05) is 12.1 Å². The third-order valence-corrected chi connectivity index (χ3v) is 3.72. The summed E-state index contributed by atoms with van der Waals surface area (Å²) < 4.78 is 12.9. The second kappa shape index (κ2) is 4.45. The molecule has 0 aliphatic carbocycles.